The van der Waals surface area contributed by atoms with Crippen LogP contribution in [-0.4, -0.2) is 47.1 Å². The largest absolute Gasteiger partial charge is 0.394 e. The van der Waals surface area contributed by atoms with Crippen LogP contribution >= 0.6 is 0 Å². The minimum absolute atomic E-state index is 0.0476. The van der Waals surface area contributed by atoms with Gasteiger partial charge < -0.3 is 15.3 Å². The van der Waals surface area contributed by atoms with Crippen molar-refractivity contribution in [2.24, 2.45) is 5.92 Å². The van der Waals surface area contributed by atoms with E-state index in [1.54, 1.807) is 17.0 Å². The van der Waals surface area contributed by atoms with Gasteiger partial charge in [0.05, 0.1) is 18.7 Å². The summed E-state index contributed by atoms with van der Waals surface area (Å²) < 4.78 is 13.2. The molecule has 2 N–H and O–H groups in total. The summed E-state index contributed by atoms with van der Waals surface area (Å²) in [7, 11) is 0. The third kappa shape index (κ3) is 3.90. The molecule has 5 nitrogen and oxygen atoms in total. The molecule has 0 spiro atoms. The zero-order valence-corrected chi connectivity index (χ0v) is 16.3. The van der Waals surface area contributed by atoms with Gasteiger partial charge in [-0.3, -0.25) is 9.59 Å². The Morgan fingerprint density at radius 1 is 1.03 bits per heavy atom. The molecule has 4 rings (SSSR count). The van der Waals surface area contributed by atoms with Crippen molar-refractivity contribution in [3.05, 3.63) is 59.9 Å². The van der Waals surface area contributed by atoms with Crippen LogP contribution in [0.5, 0.6) is 0 Å². The fourth-order valence-corrected chi connectivity index (χ4v) is 4.32. The number of nitrogens with one attached hydrogen (secondary N) is 1. The average Bonchev–Trinajstić information content (AvgIpc) is 3.53. The van der Waals surface area contributed by atoms with Crippen LogP contribution in [0.1, 0.15) is 31.2 Å². The van der Waals surface area contributed by atoms with Crippen molar-refractivity contribution in [1.29, 1.82) is 0 Å². The number of benzene rings is 2. The highest BCUT2D eigenvalue weighted by molar-refractivity contribution is 5.81. The van der Waals surface area contributed by atoms with Crippen LogP contribution in [0.3, 0.4) is 0 Å². The lowest BCUT2D eigenvalue weighted by atomic mass is 9.74. The summed E-state index contributed by atoms with van der Waals surface area (Å²) in [6.07, 6.45) is 1.86. The van der Waals surface area contributed by atoms with E-state index in [0.717, 1.165) is 29.5 Å². The maximum atomic E-state index is 13.2. The van der Waals surface area contributed by atoms with E-state index in [1.807, 2.05) is 24.3 Å². The van der Waals surface area contributed by atoms with Crippen molar-refractivity contribution < 1.29 is 19.1 Å². The van der Waals surface area contributed by atoms with Gasteiger partial charge in [0.15, 0.2) is 0 Å². The molecule has 1 aliphatic heterocycles. The molecule has 2 aromatic carbocycles. The molecule has 0 bridgehead atoms. The zero-order valence-electron chi connectivity index (χ0n) is 16.3. The van der Waals surface area contributed by atoms with Crippen LogP contribution in [0.25, 0.3) is 11.1 Å². The third-order valence-corrected chi connectivity index (χ3v) is 6.00. The Morgan fingerprint density at radius 2 is 1.62 bits per heavy atom. The lowest BCUT2D eigenvalue weighted by Crippen LogP contribution is -2.68. The first-order chi connectivity index (χ1) is 14.0. The van der Waals surface area contributed by atoms with Gasteiger partial charge in [0, 0.05) is 25.3 Å². The number of aliphatic hydroxyl groups is 1. The van der Waals surface area contributed by atoms with Crippen molar-refractivity contribution in [3.63, 3.8) is 0 Å². The third-order valence-electron chi connectivity index (χ3n) is 6.00. The van der Waals surface area contributed by atoms with Crippen LogP contribution in [0.2, 0.25) is 0 Å². The molecule has 1 saturated carbocycles. The quantitative estimate of drug-likeness (QED) is 0.789. The highest BCUT2D eigenvalue weighted by atomic mass is 19.1. The van der Waals surface area contributed by atoms with E-state index in [1.165, 1.54) is 19.1 Å². The molecule has 29 heavy (non-hydrogen) atoms. The summed E-state index contributed by atoms with van der Waals surface area (Å²) in [4.78, 5) is 25.8. The summed E-state index contributed by atoms with van der Waals surface area (Å²) in [5, 5.41) is 12.8. The minimum Gasteiger partial charge on any atom is -0.394 e. The fraction of sp³-hybridized carbons (Fsp3) is 0.391. The Bertz CT molecular complexity index is 893. The normalized spacial score (nSPS) is 23.4. The first-order valence-corrected chi connectivity index (χ1v) is 10.0. The molecule has 1 aliphatic carbocycles. The van der Waals surface area contributed by atoms with Crippen molar-refractivity contribution in [2.45, 2.75) is 37.8 Å². The highest BCUT2D eigenvalue weighted by Gasteiger charge is 2.50. The van der Waals surface area contributed by atoms with E-state index < -0.39 is 0 Å². The second-order valence-electron chi connectivity index (χ2n) is 7.92. The summed E-state index contributed by atoms with van der Waals surface area (Å²) in [5.41, 5.74) is 2.90. The van der Waals surface area contributed by atoms with Gasteiger partial charge >= 0.3 is 0 Å². The van der Waals surface area contributed by atoms with Crippen molar-refractivity contribution in [1.82, 2.24) is 10.2 Å². The van der Waals surface area contributed by atoms with Gasteiger partial charge in [-0.25, -0.2) is 4.39 Å². The van der Waals surface area contributed by atoms with Gasteiger partial charge in [-0.2, -0.15) is 0 Å². The zero-order chi connectivity index (χ0) is 20.5. The van der Waals surface area contributed by atoms with Crippen LogP contribution in [-0.2, 0) is 9.59 Å². The van der Waals surface area contributed by atoms with E-state index in [-0.39, 0.29) is 48.2 Å². The smallest absolute Gasteiger partial charge is 0.223 e. The van der Waals surface area contributed by atoms with E-state index in [9.17, 15) is 19.1 Å². The van der Waals surface area contributed by atoms with E-state index in [0.29, 0.717) is 6.54 Å². The van der Waals surface area contributed by atoms with Gasteiger partial charge in [-0.05, 0) is 41.7 Å². The SMILES string of the molecule is CC(=O)N1[C@H](CO)[C@@H](c2ccc(-c3ccc(F)cc3)cc2)[C@@H]1CNC(=O)C1CC1. The Kier molecular flexibility index (Phi) is 5.37. The number of halogens is 1. The molecule has 2 aromatic rings. The van der Waals surface area contributed by atoms with E-state index in [4.69, 9.17) is 0 Å². The highest BCUT2D eigenvalue weighted by Crippen LogP contribution is 2.41. The number of hydrogen-bond acceptors (Lipinski definition) is 3. The molecule has 1 heterocycles. The van der Waals surface area contributed by atoms with Gasteiger partial charge in [-0.15, -0.1) is 0 Å². The molecule has 152 valence electrons. The number of hydrogen-bond donors (Lipinski definition) is 2. The topological polar surface area (TPSA) is 69.6 Å². The Balaban J connectivity index is 1.53. The summed E-state index contributed by atoms with van der Waals surface area (Å²) in [6, 6.07) is 13.8. The molecule has 6 heteroatoms. The predicted octanol–water partition coefficient (Wildman–Crippen LogP) is 2.69. The number of rotatable bonds is 6. The maximum absolute atomic E-state index is 13.2. The number of carbonyl (C=O) groups excluding carboxylic acids is 2. The Hall–Kier alpha value is -2.73. The molecular formula is C23H25FN2O3. The number of aliphatic hydroxyl groups excluding tert-OH is 1. The van der Waals surface area contributed by atoms with Crippen LogP contribution in [0.15, 0.2) is 48.5 Å². The molecule has 1 saturated heterocycles. The Labute approximate surface area is 169 Å². The standard InChI is InChI=1S/C23H25FN2O3/c1-14(28)26-20(12-25-23(29)18-6-7-18)22(21(26)13-27)17-4-2-15(3-5-17)16-8-10-19(24)11-9-16/h2-5,8-11,18,20-22,27H,6-7,12-13H2,1H3,(H,25,29)/t20-,21+,22-/m0/s1. The first-order valence-electron chi connectivity index (χ1n) is 10.0. The van der Waals surface area contributed by atoms with Crippen LogP contribution in [0.4, 0.5) is 4.39 Å². The molecule has 0 aromatic heterocycles. The van der Waals surface area contributed by atoms with Gasteiger partial charge in [-0.1, -0.05) is 36.4 Å². The molecule has 0 radical (unpaired) electrons. The maximum Gasteiger partial charge on any atom is 0.223 e. The molecular weight excluding hydrogens is 371 g/mol. The van der Waals surface area contributed by atoms with Crippen LogP contribution < -0.4 is 5.32 Å². The average molecular weight is 396 g/mol. The van der Waals surface area contributed by atoms with Crippen LogP contribution in [0, 0.1) is 11.7 Å². The minimum atomic E-state index is -0.299. The monoisotopic (exact) mass is 396 g/mol. The first kappa shape index (κ1) is 19.6. The van der Waals surface area contributed by atoms with Gasteiger partial charge in [0.1, 0.15) is 5.82 Å². The Morgan fingerprint density at radius 3 is 2.14 bits per heavy atom. The second-order valence-corrected chi connectivity index (χ2v) is 7.92. The van der Waals surface area contributed by atoms with Gasteiger partial charge in [0.25, 0.3) is 0 Å². The van der Waals surface area contributed by atoms with Crippen molar-refractivity contribution in [3.8, 4) is 11.1 Å². The summed E-state index contributed by atoms with van der Waals surface area (Å²) in [5.74, 6) is -0.264. The van der Waals surface area contributed by atoms with Crippen molar-refractivity contribution >= 4 is 11.8 Å². The predicted molar refractivity (Wildman–Crippen MR) is 107 cm³/mol. The number of likely N-dealkylation sites (tertiary alicyclic amines) is 1. The van der Waals surface area contributed by atoms with Gasteiger partial charge in [0.2, 0.25) is 11.8 Å². The number of amides is 2. The molecule has 0 unspecified atom stereocenters. The molecule has 2 fully saturated rings. The fourth-order valence-electron chi connectivity index (χ4n) is 4.32. The molecule has 3 atom stereocenters. The molecule has 2 aliphatic rings. The lowest BCUT2D eigenvalue weighted by Gasteiger charge is -2.54. The summed E-state index contributed by atoms with van der Waals surface area (Å²) in [6.45, 7) is 1.75. The van der Waals surface area contributed by atoms with E-state index in [2.05, 4.69) is 5.32 Å². The lowest BCUT2D eigenvalue weighted by molar-refractivity contribution is -0.148. The van der Waals surface area contributed by atoms with Crippen molar-refractivity contribution in [2.75, 3.05) is 13.2 Å². The van der Waals surface area contributed by atoms with E-state index >= 15 is 0 Å². The second kappa shape index (κ2) is 7.95. The number of nitrogens with zero attached hydrogens (tertiary/aromatic N) is 1. The number of carbonyl (C=O) groups is 2. The molecule has 2 amide bonds. The summed E-state index contributed by atoms with van der Waals surface area (Å²) >= 11 is 0.